The van der Waals surface area contributed by atoms with E-state index in [1.807, 2.05) is 24.3 Å². The zero-order valence-corrected chi connectivity index (χ0v) is 10.3. The molecule has 18 heavy (non-hydrogen) atoms. The number of carbonyl (C=O) groups is 1. The summed E-state index contributed by atoms with van der Waals surface area (Å²) in [6.07, 6.45) is 3.53. The van der Waals surface area contributed by atoms with Crippen molar-refractivity contribution in [2.24, 2.45) is 0 Å². The molecule has 0 aromatic heterocycles. The normalized spacial score (nSPS) is 22.8. The minimum Gasteiger partial charge on any atom is -0.489 e. The molecule has 3 rings (SSSR count). The van der Waals surface area contributed by atoms with Crippen LogP contribution in [0.2, 0.25) is 0 Å². The average molecular weight is 246 g/mol. The Labute approximate surface area is 107 Å². The van der Waals surface area contributed by atoms with Gasteiger partial charge in [0.2, 0.25) is 0 Å². The van der Waals surface area contributed by atoms with E-state index in [-0.39, 0.29) is 12.0 Å². The quantitative estimate of drug-likeness (QED) is 0.842. The fourth-order valence-corrected chi connectivity index (χ4v) is 2.10. The fourth-order valence-electron chi connectivity index (χ4n) is 2.10. The third-order valence-electron chi connectivity index (χ3n) is 3.35. The molecule has 1 saturated heterocycles. The Bertz CT molecular complexity index is 420. The summed E-state index contributed by atoms with van der Waals surface area (Å²) in [5, 5.41) is 6.23. The number of hydrogen-bond acceptors (Lipinski definition) is 3. The molecule has 1 aromatic carbocycles. The summed E-state index contributed by atoms with van der Waals surface area (Å²) in [7, 11) is 0. The molecule has 1 saturated carbocycles. The molecular weight excluding hydrogens is 228 g/mol. The molecule has 0 spiro atoms. The number of nitrogens with one attached hydrogen (secondary N) is 2. The van der Waals surface area contributed by atoms with Crippen molar-refractivity contribution in [3.05, 3.63) is 29.8 Å². The van der Waals surface area contributed by atoms with Crippen LogP contribution in [0.1, 0.15) is 29.6 Å². The summed E-state index contributed by atoms with van der Waals surface area (Å²) >= 11 is 0. The maximum absolute atomic E-state index is 11.8. The topological polar surface area (TPSA) is 50.4 Å². The molecule has 1 amide bonds. The van der Waals surface area contributed by atoms with Crippen molar-refractivity contribution in [2.75, 3.05) is 13.1 Å². The Morgan fingerprint density at radius 3 is 2.61 bits per heavy atom. The average Bonchev–Trinajstić information content (AvgIpc) is 3.04. The highest BCUT2D eigenvalue weighted by Crippen LogP contribution is 2.20. The van der Waals surface area contributed by atoms with Crippen LogP contribution in [0.25, 0.3) is 0 Å². The number of benzene rings is 1. The molecule has 1 heterocycles. The van der Waals surface area contributed by atoms with Gasteiger partial charge in [-0.3, -0.25) is 4.79 Å². The van der Waals surface area contributed by atoms with Crippen LogP contribution in [0.15, 0.2) is 24.3 Å². The van der Waals surface area contributed by atoms with Crippen molar-refractivity contribution in [2.45, 2.75) is 31.4 Å². The van der Waals surface area contributed by atoms with E-state index < -0.39 is 0 Å². The second kappa shape index (κ2) is 4.98. The van der Waals surface area contributed by atoms with E-state index in [0.717, 1.165) is 38.1 Å². The van der Waals surface area contributed by atoms with Gasteiger partial charge in [0.15, 0.2) is 0 Å². The molecule has 2 N–H and O–H groups in total. The maximum atomic E-state index is 11.8. The first-order valence-corrected chi connectivity index (χ1v) is 6.59. The van der Waals surface area contributed by atoms with Gasteiger partial charge in [-0.05, 0) is 50.1 Å². The summed E-state index contributed by atoms with van der Waals surface area (Å²) < 4.78 is 5.81. The highest BCUT2D eigenvalue weighted by atomic mass is 16.5. The molecule has 96 valence electrons. The molecule has 4 nitrogen and oxygen atoms in total. The second-order valence-electron chi connectivity index (χ2n) is 5.00. The largest absolute Gasteiger partial charge is 0.489 e. The molecular formula is C14H18N2O2. The lowest BCUT2D eigenvalue weighted by Crippen LogP contribution is -2.25. The molecule has 2 fully saturated rings. The van der Waals surface area contributed by atoms with Crippen LogP contribution in [-0.2, 0) is 0 Å². The van der Waals surface area contributed by atoms with Crippen molar-refractivity contribution < 1.29 is 9.53 Å². The maximum Gasteiger partial charge on any atom is 0.251 e. The van der Waals surface area contributed by atoms with Gasteiger partial charge in [-0.1, -0.05) is 0 Å². The molecule has 1 aliphatic heterocycles. The Kier molecular flexibility index (Phi) is 3.19. The summed E-state index contributed by atoms with van der Waals surface area (Å²) in [5.41, 5.74) is 0.707. The minimum absolute atomic E-state index is 0.0200. The lowest BCUT2D eigenvalue weighted by molar-refractivity contribution is 0.0951. The predicted molar refractivity (Wildman–Crippen MR) is 68.8 cm³/mol. The number of carbonyl (C=O) groups excluding carboxylic acids is 1. The zero-order chi connectivity index (χ0) is 12.4. The molecule has 0 bridgehead atoms. The third-order valence-corrected chi connectivity index (χ3v) is 3.35. The van der Waals surface area contributed by atoms with Gasteiger partial charge in [0, 0.05) is 18.2 Å². The van der Waals surface area contributed by atoms with Crippen molar-refractivity contribution in [3.63, 3.8) is 0 Å². The van der Waals surface area contributed by atoms with Crippen molar-refractivity contribution in [3.8, 4) is 5.75 Å². The molecule has 1 aromatic rings. The van der Waals surface area contributed by atoms with Crippen LogP contribution in [0.3, 0.4) is 0 Å². The van der Waals surface area contributed by atoms with Crippen LogP contribution in [0.5, 0.6) is 5.75 Å². The van der Waals surface area contributed by atoms with E-state index in [2.05, 4.69) is 10.6 Å². The number of amides is 1. The number of rotatable bonds is 4. The first kappa shape index (κ1) is 11.5. The lowest BCUT2D eigenvalue weighted by Gasteiger charge is -2.12. The Morgan fingerprint density at radius 2 is 2.00 bits per heavy atom. The Balaban J connectivity index is 1.58. The fraction of sp³-hybridized carbons (Fsp3) is 0.500. The van der Waals surface area contributed by atoms with Gasteiger partial charge >= 0.3 is 0 Å². The van der Waals surface area contributed by atoms with Crippen molar-refractivity contribution >= 4 is 5.91 Å². The molecule has 0 unspecified atom stereocenters. The van der Waals surface area contributed by atoms with Gasteiger partial charge < -0.3 is 15.4 Å². The molecule has 1 atom stereocenters. The van der Waals surface area contributed by atoms with Gasteiger partial charge in [-0.25, -0.2) is 0 Å². The molecule has 2 aliphatic rings. The second-order valence-corrected chi connectivity index (χ2v) is 5.00. The van der Waals surface area contributed by atoms with E-state index >= 15 is 0 Å². The predicted octanol–water partition coefficient (Wildman–Crippen LogP) is 1.32. The number of hydrogen-bond donors (Lipinski definition) is 2. The highest BCUT2D eigenvalue weighted by Gasteiger charge is 2.23. The summed E-state index contributed by atoms with van der Waals surface area (Å²) in [4.78, 5) is 11.8. The highest BCUT2D eigenvalue weighted by molar-refractivity contribution is 5.94. The SMILES string of the molecule is O=C(NC1CC1)c1ccc(O[C@@H]2CCNC2)cc1. The first-order valence-electron chi connectivity index (χ1n) is 6.59. The minimum atomic E-state index is 0.0200. The van der Waals surface area contributed by atoms with Gasteiger partial charge in [-0.15, -0.1) is 0 Å². The summed E-state index contributed by atoms with van der Waals surface area (Å²) in [6, 6.07) is 7.81. The van der Waals surface area contributed by atoms with Crippen molar-refractivity contribution in [1.29, 1.82) is 0 Å². The van der Waals surface area contributed by atoms with Crippen LogP contribution in [0, 0.1) is 0 Å². The third kappa shape index (κ3) is 2.82. The van der Waals surface area contributed by atoms with E-state index in [0.29, 0.717) is 11.6 Å². The Hall–Kier alpha value is -1.55. The summed E-state index contributed by atoms with van der Waals surface area (Å²) in [6.45, 7) is 1.93. The zero-order valence-electron chi connectivity index (χ0n) is 10.3. The lowest BCUT2D eigenvalue weighted by atomic mass is 10.2. The van der Waals surface area contributed by atoms with Gasteiger partial charge in [0.25, 0.3) is 5.91 Å². The van der Waals surface area contributed by atoms with Crippen LogP contribution in [-0.4, -0.2) is 31.1 Å². The van der Waals surface area contributed by atoms with Gasteiger partial charge in [-0.2, -0.15) is 0 Å². The monoisotopic (exact) mass is 246 g/mol. The van der Waals surface area contributed by atoms with Gasteiger partial charge in [0.05, 0.1) is 0 Å². The molecule has 4 heteroatoms. The molecule has 0 radical (unpaired) electrons. The van der Waals surface area contributed by atoms with E-state index in [4.69, 9.17) is 4.74 Å². The number of ether oxygens (including phenoxy) is 1. The van der Waals surface area contributed by atoms with Crippen LogP contribution < -0.4 is 15.4 Å². The smallest absolute Gasteiger partial charge is 0.251 e. The van der Waals surface area contributed by atoms with Crippen molar-refractivity contribution in [1.82, 2.24) is 10.6 Å². The van der Waals surface area contributed by atoms with Crippen LogP contribution in [0.4, 0.5) is 0 Å². The summed E-state index contributed by atoms with van der Waals surface area (Å²) in [5.74, 6) is 0.859. The standard InChI is InChI=1S/C14H18N2O2/c17-14(16-11-3-4-11)10-1-5-12(6-2-10)18-13-7-8-15-9-13/h1-2,5-6,11,13,15H,3-4,7-9H2,(H,16,17)/t13-/m1/s1. The van der Waals surface area contributed by atoms with Crippen LogP contribution >= 0.6 is 0 Å². The van der Waals surface area contributed by atoms with Gasteiger partial charge in [0.1, 0.15) is 11.9 Å². The van der Waals surface area contributed by atoms with E-state index in [9.17, 15) is 4.79 Å². The Morgan fingerprint density at radius 1 is 1.22 bits per heavy atom. The van der Waals surface area contributed by atoms with E-state index in [1.165, 1.54) is 0 Å². The first-order chi connectivity index (χ1) is 8.81. The van der Waals surface area contributed by atoms with E-state index in [1.54, 1.807) is 0 Å². The molecule has 1 aliphatic carbocycles.